The van der Waals surface area contributed by atoms with Gasteiger partial charge in [-0.15, -0.1) is 0 Å². The Kier molecular flexibility index (Phi) is 14.3. The highest BCUT2D eigenvalue weighted by Crippen LogP contribution is 2.28. The minimum absolute atomic E-state index is 0.117. The van der Waals surface area contributed by atoms with Crippen LogP contribution >= 0.6 is 11.6 Å². The number of halogens is 1. The fraction of sp³-hybridized carbons (Fsp3) is 0.441. The van der Waals surface area contributed by atoms with E-state index in [0.29, 0.717) is 22.8 Å². The number of nitrogens with zero attached hydrogens (tertiary/aromatic N) is 1. The number of benzene rings is 3. The lowest BCUT2D eigenvalue weighted by Gasteiger charge is -2.11. The van der Waals surface area contributed by atoms with Crippen molar-refractivity contribution in [1.82, 2.24) is 5.43 Å². The number of rotatable bonds is 18. The van der Waals surface area contributed by atoms with Gasteiger partial charge in [-0.05, 0) is 35.4 Å². The molecule has 5 nitrogen and oxygen atoms in total. The van der Waals surface area contributed by atoms with Gasteiger partial charge in [0, 0.05) is 12.0 Å². The van der Waals surface area contributed by atoms with Crippen LogP contribution in [-0.2, 0) is 4.79 Å². The monoisotopic (exact) mass is 562 g/mol. The molecule has 0 heterocycles. The van der Waals surface area contributed by atoms with Gasteiger partial charge < -0.3 is 4.74 Å². The van der Waals surface area contributed by atoms with E-state index in [1.165, 1.54) is 70.6 Å². The number of hydrogen-bond acceptors (Lipinski definition) is 4. The quantitative estimate of drug-likeness (QED) is 0.0551. The van der Waals surface area contributed by atoms with Crippen molar-refractivity contribution in [2.45, 2.75) is 96.8 Å². The van der Waals surface area contributed by atoms with Crippen LogP contribution in [0, 0.1) is 0 Å². The van der Waals surface area contributed by atoms with Gasteiger partial charge in [-0.2, -0.15) is 5.10 Å². The van der Waals surface area contributed by atoms with Crippen molar-refractivity contribution < 1.29 is 14.3 Å². The molecular weight excluding hydrogens is 520 g/mol. The van der Waals surface area contributed by atoms with E-state index in [0.717, 1.165) is 23.6 Å². The van der Waals surface area contributed by atoms with Crippen LogP contribution in [0.1, 0.15) is 113 Å². The molecule has 214 valence electrons. The van der Waals surface area contributed by atoms with Crippen LogP contribution in [0.3, 0.4) is 0 Å². The van der Waals surface area contributed by atoms with Gasteiger partial charge in [-0.3, -0.25) is 4.79 Å². The van der Waals surface area contributed by atoms with Crippen molar-refractivity contribution in [2.75, 3.05) is 0 Å². The molecule has 0 bridgehead atoms. The Labute approximate surface area is 244 Å². The first-order valence-corrected chi connectivity index (χ1v) is 15.3. The van der Waals surface area contributed by atoms with Gasteiger partial charge in [-0.1, -0.05) is 138 Å². The molecule has 0 saturated carbocycles. The first kappa shape index (κ1) is 31.3. The van der Waals surface area contributed by atoms with Gasteiger partial charge >= 0.3 is 5.97 Å². The third-order valence-electron chi connectivity index (χ3n) is 7.12. The first-order chi connectivity index (χ1) is 19.6. The number of fused-ring (bicyclic) bond motifs is 1. The number of esters is 1. The predicted molar refractivity (Wildman–Crippen MR) is 166 cm³/mol. The molecule has 0 aliphatic heterocycles. The maximum Gasteiger partial charge on any atom is 0.345 e. The van der Waals surface area contributed by atoms with Crippen molar-refractivity contribution in [3.63, 3.8) is 0 Å². The lowest BCUT2D eigenvalue weighted by molar-refractivity contribution is -0.121. The topological polar surface area (TPSA) is 67.8 Å². The Morgan fingerprint density at radius 1 is 0.775 bits per heavy atom. The number of nitrogens with one attached hydrogen (secondary N) is 1. The molecule has 0 aliphatic carbocycles. The third kappa shape index (κ3) is 10.8. The highest BCUT2D eigenvalue weighted by atomic mass is 35.5. The van der Waals surface area contributed by atoms with Crippen molar-refractivity contribution in [1.29, 1.82) is 0 Å². The van der Waals surface area contributed by atoms with Gasteiger partial charge in [0.25, 0.3) is 0 Å². The molecule has 0 unspecified atom stereocenters. The summed E-state index contributed by atoms with van der Waals surface area (Å²) in [5, 5.41) is 6.35. The molecule has 0 fully saturated rings. The van der Waals surface area contributed by atoms with E-state index in [2.05, 4.69) is 17.5 Å². The first-order valence-electron chi connectivity index (χ1n) is 14.9. The molecule has 40 heavy (non-hydrogen) atoms. The molecule has 0 aliphatic rings. The van der Waals surface area contributed by atoms with E-state index in [1.54, 1.807) is 36.5 Å². The van der Waals surface area contributed by atoms with Crippen LogP contribution in [0.2, 0.25) is 5.02 Å². The average Bonchev–Trinajstić information content (AvgIpc) is 2.96. The second kappa shape index (κ2) is 18.2. The average molecular weight is 563 g/mol. The third-order valence-corrected chi connectivity index (χ3v) is 7.45. The maximum atomic E-state index is 12.8. The Morgan fingerprint density at radius 3 is 2.05 bits per heavy atom. The van der Waals surface area contributed by atoms with Crippen LogP contribution in [0.4, 0.5) is 0 Å². The van der Waals surface area contributed by atoms with Crippen LogP contribution in [0.15, 0.2) is 65.8 Å². The number of carbonyl (C=O) groups is 2. The van der Waals surface area contributed by atoms with Crippen molar-refractivity contribution in [3.8, 4) is 5.75 Å². The zero-order valence-electron chi connectivity index (χ0n) is 23.8. The summed E-state index contributed by atoms with van der Waals surface area (Å²) in [6, 6.07) is 18.1. The Bertz CT molecular complexity index is 1240. The number of ether oxygens (including phenoxy) is 1. The molecule has 3 aromatic rings. The zero-order valence-corrected chi connectivity index (χ0v) is 24.6. The summed E-state index contributed by atoms with van der Waals surface area (Å²) in [5.41, 5.74) is 3.52. The molecule has 0 radical (unpaired) electrons. The van der Waals surface area contributed by atoms with Gasteiger partial charge in [0.2, 0.25) is 5.91 Å². The molecule has 1 amide bonds. The molecule has 3 aromatic carbocycles. The second-order valence-corrected chi connectivity index (χ2v) is 10.8. The van der Waals surface area contributed by atoms with Crippen molar-refractivity contribution in [2.24, 2.45) is 5.10 Å². The SMILES string of the molecule is CCCCCCCCCCCCCCCC(=O)NN=Cc1c(OC(=O)c2ccccc2Cl)ccc2ccccc12. The standard InChI is InChI=1S/C34H43ClN2O3/c1-2-3-4-5-6-7-8-9-10-11-12-13-14-23-33(38)37-36-26-30-28-20-16-15-19-27(28)24-25-32(30)40-34(39)29-21-17-18-22-31(29)35/h15-22,24-26H,2-14,23H2,1H3,(H,37,38). The Morgan fingerprint density at radius 2 is 1.38 bits per heavy atom. The summed E-state index contributed by atoms with van der Waals surface area (Å²) in [5.74, 6) is -0.325. The fourth-order valence-corrected chi connectivity index (χ4v) is 5.02. The lowest BCUT2D eigenvalue weighted by atomic mass is 10.0. The molecular formula is C34H43ClN2O3. The van der Waals surface area contributed by atoms with Crippen molar-refractivity contribution in [3.05, 3.63) is 76.8 Å². The lowest BCUT2D eigenvalue weighted by Crippen LogP contribution is -2.17. The van der Waals surface area contributed by atoms with E-state index in [4.69, 9.17) is 16.3 Å². The molecule has 1 N–H and O–H groups in total. The highest BCUT2D eigenvalue weighted by Gasteiger charge is 2.15. The minimum atomic E-state index is -0.554. The molecule has 6 heteroatoms. The number of carbonyl (C=O) groups excluding carboxylic acids is 2. The van der Waals surface area contributed by atoms with Crippen molar-refractivity contribution >= 4 is 40.5 Å². The normalized spacial score (nSPS) is 11.2. The summed E-state index contributed by atoms with van der Waals surface area (Å²) in [4.78, 5) is 25.1. The number of amides is 1. The highest BCUT2D eigenvalue weighted by molar-refractivity contribution is 6.33. The summed E-state index contributed by atoms with van der Waals surface area (Å²) in [7, 11) is 0. The summed E-state index contributed by atoms with van der Waals surface area (Å²) < 4.78 is 5.70. The number of unbranched alkanes of at least 4 members (excludes halogenated alkanes) is 12. The second-order valence-electron chi connectivity index (χ2n) is 10.4. The molecule has 0 spiro atoms. The van der Waals surface area contributed by atoms with E-state index in [9.17, 15) is 9.59 Å². The largest absolute Gasteiger partial charge is 0.422 e. The van der Waals surface area contributed by atoms with Crippen LogP contribution in [-0.4, -0.2) is 18.1 Å². The summed E-state index contributed by atoms with van der Waals surface area (Å²) >= 11 is 6.18. The Hall–Kier alpha value is -3.18. The zero-order chi connectivity index (χ0) is 28.4. The molecule has 3 rings (SSSR count). The maximum absolute atomic E-state index is 12.8. The van der Waals surface area contributed by atoms with Gasteiger partial charge in [0.05, 0.1) is 16.8 Å². The smallest absolute Gasteiger partial charge is 0.345 e. The van der Waals surface area contributed by atoms with Gasteiger partial charge in [-0.25, -0.2) is 10.2 Å². The molecule has 0 aromatic heterocycles. The van der Waals surface area contributed by atoms with E-state index in [-0.39, 0.29) is 11.5 Å². The Balaban J connectivity index is 1.42. The van der Waals surface area contributed by atoms with Crippen LogP contribution in [0.25, 0.3) is 10.8 Å². The van der Waals surface area contributed by atoms with Gasteiger partial charge in [0.15, 0.2) is 0 Å². The van der Waals surface area contributed by atoms with E-state index in [1.807, 2.05) is 30.3 Å². The van der Waals surface area contributed by atoms with Crippen LogP contribution in [0.5, 0.6) is 5.75 Å². The van der Waals surface area contributed by atoms with E-state index < -0.39 is 5.97 Å². The summed E-state index contributed by atoms with van der Waals surface area (Å²) in [6.45, 7) is 2.26. The van der Waals surface area contributed by atoms with E-state index >= 15 is 0 Å². The number of hydrazone groups is 1. The van der Waals surface area contributed by atoms with Gasteiger partial charge in [0.1, 0.15) is 5.75 Å². The number of hydrogen-bond donors (Lipinski definition) is 1. The fourth-order valence-electron chi connectivity index (χ4n) is 4.81. The molecule has 0 saturated heterocycles. The summed E-state index contributed by atoms with van der Waals surface area (Å²) in [6.07, 6.45) is 18.5. The van der Waals surface area contributed by atoms with Crippen LogP contribution < -0.4 is 10.2 Å². The minimum Gasteiger partial charge on any atom is -0.422 e. The predicted octanol–water partition coefficient (Wildman–Crippen LogP) is 9.64. The molecule has 0 atom stereocenters.